The average Bonchev–Trinajstić information content (AvgIpc) is 2.39. The van der Waals surface area contributed by atoms with Gasteiger partial charge in [-0.2, -0.15) is 4.31 Å². The van der Waals surface area contributed by atoms with Gasteiger partial charge in [0, 0.05) is 26.3 Å². The molecule has 0 aliphatic heterocycles. The first-order valence-electron chi connectivity index (χ1n) is 6.30. The van der Waals surface area contributed by atoms with Crippen LogP contribution >= 0.6 is 11.6 Å². The molecule has 0 bridgehead atoms. The first kappa shape index (κ1) is 16.2. The Morgan fingerprint density at radius 3 is 2.58 bits per heavy atom. The summed E-state index contributed by atoms with van der Waals surface area (Å²) in [6, 6.07) is 1.43. The maximum absolute atomic E-state index is 12.4. The summed E-state index contributed by atoms with van der Waals surface area (Å²) in [7, 11) is -1.83. The minimum absolute atomic E-state index is 0.134. The van der Waals surface area contributed by atoms with Crippen LogP contribution in [0.2, 0.25) is 5.02 Å². The van der Waals surface area contributed by atoms with E-state index in [9.17, 15) is 8.42 Å². The van der Waals surface area contributed by atoms with Gasteiger partial charge in [0.25, 0.3) is 0 Å². The molecular formula is C12H20ClN3O2S. The SMILES string of the molecule is CCCCN(CC)S(=O)(=O)c1cnc(NC)c(Cl)c1. The van der Waals surface area contributed by atoms with Crippen molar-refractivity contribution >= 4 is 27.4 Å². The minimum Gasteiger partial charge on any atom is -0.372 e. The van der Waals surface area contributed by atoms with E-state index in [0.29, 0.717) is 23.9 Å². The highest BCUT2D eigenvalue weighted by Gasteiger charge is 2.23. The van der Waals surface area contributed by atoms with Crippen LogP contribution in [0.3, 0.4) is 0 Å². The third kappa shape index (κ3) is 3.81. The average molecular weight is 306 g/mol. The molecule has 0 spiro atoms. The maximum atomic E-state index is 12.4. The molecule has 0 aromatic carbocycles. The van der Waals surface area contributed by atoms with Gasteiger partial charge >= 0.3 is 0 Å². The standard InChI is InChI=1S/C12H20ClN3O2S/c1-4-6-7-16(5-2)19(17,18)10-8-11(13)12(14-3)15-9-10/h8-9H,4-7H2,1-3H3,(H,14,15). The second kappa shape index (κ2) is 7.07. The molecule has 0 aliphatic carbocycles. The molecule has 1 heterocycles. The van der Waals surface area contributed by atoms with E-state index in [1.54, 1.807) is 7.05 Å². The zero-order chi connectivity index (χ0) is 14.5. The lowest BCUT2D eigenvalue weighted by Crippen LogP contribution is -2.32. The van der Waals surface area contributed by atoms with E-state index in [-0.39, 0.29) is 4.90 Å². The summed E-state index contributed by atoms with van der Waals surface area (Å²) in [5, 5.41) is 3.10. The number of aromatic nitrogens is 1. The van der Waals surface area contributed by atoms with E-state index >= 15 is 0 Å². The van der Waals surface area contributed by atoms with Crippen molar-refractivity contribution in [2.45, 2.75) is 31.6 Å². The zero-order valence-electron chi connectivity index (χ0n) is 11.5. The first-order valence-corrected chi connectivity index (χ1v) is 8.12. The van der Waals surface area contributed by atoms with Crippen molar-refractivity contribution in [3.05, 3.63) is 17.3 Å². The second-order valence-electron chi connectivity index (χ2n) is 4.10. The smallest absolute Gasteiger partial charge is 0.244 e. The summed E-state index contributed by atoms with van der Waals surface area (Å²) in [6.45, 7) is 4.80. The van der Waals surface area contributed by atoms with Crippen molar-refractivity contribution in [2.75, 3.05) is 25.5 Å². The van der Waals surface area contributed by atoms with E-state index in [2.05, 4.69) is 10.3 Å². The highest BCUT2D eigenvalue weighted by atomic mass is 35.5. The van der Waals surface area contributed by atoms with E-state index in [4.69, 9.17) is 11.6 Å². The number of nitrogens with zero attached hydrogens (tertiary/aromatic N) is 2. The van der Waals surface area contributed by atoms with Crippen LogP contribution in [0, 0.1) is 0 Å². The molecule has 1 aromatic rings. The van der Waals surface area contributed by atoms with Gasteiger partial charge in [0.2, 0.25) is 10.0 Å². The summed E-state index contributed by atoms with van der Waals surface area (Å²) in [5.41, 5.74) is 0. The molecule has 0 atom stereocenters. The quantitative estimate of drug-likeness (QED) is 0.841. The van der Waals surface area contributed by atoms with Crippen molar-refractivity contribution in [1.29, 1.82) is 0 Å². The molecule has 1 rings (SSSR count). The predicted molar refractivity (Wildman–Crippen MR) is 78.1 cm³/mol. The lowest BCUT2D eigenvalue weighted by molar-refractivity contribution is 0.418. The largest absolute Gasteiger partial charge is 0.372 e. The van der Waals surface area contributed by atoms with Gasteiger partial charge in [-0.3, -0.25) is 0 Å². The zero-order valence-corrected chi connectivity index (χ0v) is 13.1. The molecule has 19 heavy (non-hydrogen) atoms. The Hall–Kier alpha value is -0.850. The number of anilines is 1. The number of unbranched alkanes of at least 4 members (excludes halogenated alkanes) is 1. The highest BCUT2D eigenvalue weighted by molar-refractivity contribution is 7.89. The van der Waals surface area contributed by atoms with E-state index in [1.165, 1.54) is 16.6 Å². The molecule has 0 radical (unpaired) electrons. The summed E-state index contributed by atoms with van der Waals surface area (Å²) >= 11 is 5.98. The molecule has 1 N–H and O–H groups in total. The number of nitrogens with one attached hydrogen (secondary N) is 1. The Kier molecular flexibility index (Phi) is 6.03. The Labute approximate surface area is 120 Å². The number of hydrogen-bond donors (Lipinski definition) is 1. The number of rotatable bonds is 7. The van der Waals surface area contributed by atoms with Crippen molar-refractivity contribution in [1.82, 2.24) is 9.29 Å². The molecule has 0 aliphatic rings. The van der Waals surface area contributed by atoms with E-state index in [1.807, 2.05) is 13.8 Å². The number of halogens is 1. The van der Waals surface area contributed by atoms with Crippen LogP contribution < -0.4 is 5.32 Å². The van der Waals surface area contributed by atoms with Gasteiger partial charge in [-0.1, -0.05) is 31.9 Å². The molecule has 108 valence electrons. The lowest BCUT2D eigenvalue weighted by Gasteiger charge is -2.20. The molecule has 1 aromatic heterocycles. The van der Waals surface area contributed by atoms with Crippen LogP contribution in [-0.2, 0) is 10.0 Å². The Bertz CT molecular complexity index is 520. The van der Waals surface area contributed by atoms with Crippen LogP contribution in [0.25, 0.3) is 0 Å². The number of hydrogen-bond acceptors (Lipinski definition) is 4. The lowest BCUT2D eigenvalue weighted by atomic mass is 10.3. The van der Waals surface area contributed by atoms with Gasteiger partial charge < -0.3 is 5.32 Å². The summed E-state index contributed by atoms with van der Waals surface area (Å²) < 4.78 is 26.3. The number of pyridine rings is 1. The molecule has 0 fully saturated rings. The van der Waals surface area contributed by atoms with Gasteiger partial charge in [0.15, 0.2) is 0 Å². The molecule has 0 amide bonds. The van der Waals surface area contributed by atoms with Gasteiger partial charge in [0.1, 0.15) is 10.7 Å². The summed E-state index contributed by atoms with van der Waals surface area (Å²) in [6.07, 6.45) is 3.12. The summed E-state index contributed by atoms with van der Waals surface area (Å²) in [4.78, 5) is 4.14. The molecule has 0 unspecified atom stereocenters. The molecular weight excluding hydrogens is 286 g/mol. The fourth-order valence-electron chi connectivity index (χ4n) is 1.68. The van der Waals surface area contributed by atoms with Crippen molar-refractivity contribution in [3.63, 3.8) is 0 Å². The minimum atomic E-state index is -3.51. The molecule has 0 saturated carbocycles. The van der Waals surface area contributed by atoms with Crippen molar-refractivity contribution in [2.24, 2.45) is 0 Å². The Morgan fingerprint density at radius 1 is 1.42 bits per heavy atom. The summed E-state index contributed by atoms with van der Waals surface area (Å²) in [5.74, 6) is 0.470. The van der Waals surface area contributed by atoms with Crippen LogP contribution in [0.15, 0.2) is 17.2 Å². The van der Waals surface area contributed by atoms with Gasteiger partial charge in [-0.25, -0.2) is 13.4 Å². The van der Waals surface area contributed by atoms with E-state index < -0.39 is 10.0 Å². The van der Waals surface area contributed by atoms with Gasteiger partial charge in [-0.15, -0.1) is 0 Å². The number of sulfonamides is 1. The predicted octanol–water partition coefficient (Wildman–Crippen LogP) is 2.59. The van der Waals surface area contributed by atoms with Crippen LogP contribution in [0.4, 0.5) is 5.82 Å². The highest BCUT2D eigenvalue weighted by Crippen LogP contribution is 2.24. The molecule has 7 heteroatoms. The van der Waals surface area contributed by atoms with Crippen molar-refractivity contribution in [3.8, 4) is 0 Å². The fourth-order valence-corrected chi connectivity index (χ4v) is 3.46. The third-order valence-corrected chi connectivity index (χ3v) is 5.03. The second-order valence-corrected chi connectivity index (χ2v) is 6.45. The Morgan fingerprint density at radius 2 is 2.11 bits per heavy atom. The maximum Gasteiger partial charge on any atom is 0.244 e. The van der Waals surface area contributed by atoms with Crippen LogP contribution in [0.5, 0.6) is 0 Å². The first-order chi connectivity index (χ1) is 8.97. The fraction of sp³-hybridized carbons (Fsp3) is 0.583. The van der Waals surface area contributed by atoms with Gasteiger partial charge in [-0.05, 0) is 12.5 Å². The van der Waals surface area contributed by atoms with Crippen LogP contribution in [0.1, 0.15) is 26.7 Å². The monoisotopic (exact) mass is 305 g/mol. The third-order valence-electron chi connectivity index (χ3n) is 2.80. The van der Waals surface area contributed by atoms with Crippen LogP contribution in [-0.4, -0.2) is 37.8 Å². The van der Waals surface area contributed by atoms with Gasteiger partial charge in [0.05, 0.1) is 5.02 Å². The molecule has 5 nitrogen and oxygen atoms in total. The normalized spacial score (nSPS) is 11.8. The van der Waals surface area contributed by atoms with Crippen molar-refractivity contribution < 1.29 is 8.42 Å². The molecule has 0 saturated heterocycles. The van der Waals surface area contributed by atoms with E-state index in [0.717, 1.165) is 12.8 Å². The topological polar surface area (TPSA) is 62.3 Å². The Balaban J connectivity index is 3.07.